The molecule has 5 heteroatoms. The summed E-state index contributed by atoms with van der Waals surface area (Å²) in [6, 6.07) is 3.26. The Bertz CT molecular complexity index is 417. The Morgan fingerprint density at radius 1 is 1.29 bits per heavy atom. The van der Waals surface area contributed by atoms with Gasteiger partial charge in [-0.25, -0.2) is 8.78 Å². The van der Waals surface area contributed by atoms with Crippen LogP contribution in [0, 0.1) is 11.6 Å². The molecular formula is C12H13F2NO2. The first kappa shape index (κ1) is 12.0. The van der Waals surface area contributed by atoms with Crippen LogP contribution >= 0.6 is 0 Å². The molecule has 17 heavy (non-hydrogen) atoms. The number of rotatable bonds is 2. The van der Waals surface area contributed by atoms with Gasteiger partial charge in [-0.3, -0.25) is 4.79 Å². The molecule has 92 valence electrons. The highest BCUT2D eigenvalue weighted by atomic mass is 19.1. The van der Waals surface area contributed by atoms with E-state index >= 15 is 0 Å². The van der Waals surface area contributed by atoms with E-state index in [1.54, 1.807) is 4.90 Å². The van der Waals surface area contributed by atoms with Gasteiger partial charge < -0.3 is 9.64 Å². The SMILES string of the molecule is O=C(Cc1ccc(F)cc1F)N1CCOCC1. The van der Waals surface area contributed by atoms with Gasteiger partial charge in [0.15, 0.2) is 0 Å². The second-order valence-electron chi connectivity index (χ2n) is 3.91. The summed E-state index contributed by atoms with van der Waals surface area (Å²) in [5.41, 5.74) is 0.225. The van der Waals surface area contributed by atoms with Gasteiger partial charge in [0.25, 0.3) is 0 Å². The first-order valence-electron chi connectivity index (χ1n) is 5.46. The third-order valence-corrected chi connectivity index (χ3v) is 2.72. The number of carbonyl (C=O) groups excluding carboxylic acids is 1. The Morgan fingerprint density at radius 3 is 2.65 bits per heavy atom. The van der Waals surface area contributed by atoms with Gasteiger partial charge in [0.05, 0.1) is 19.6 Å². The van der Waals surface area contributed by atoms with E-state index in [0.29, 0.717) is 26.3 Å². The molecule has 1 fully saturated rings. The molecule has 0 spiro atoms. The van der Waals surface area contributed by atoms with Crippen LogP contribution < -0.4 is 0 Å². The third kappa shape index (κ3) is 3.00. The van der Waals surface area contributed by atoms with Crippen molar-refractivity contribution in [2.45, 2.75) is 6.42 Å². The van der Waals surface area contributed by atoms with Gasteiger partial charge in [-0.05, 0) is 11.6 Å². The number of benzene rings is 1. The maximum atomic E-state index is 13.3. The maximum Gasteiger partial charge on any atom is 0.227 e. The zero-order valence-electron chi connectivity index (χ0n) is 9.29. The molecule has 1 heterocycles. The summed E-state index contributed by atoms with van der Waals surface area (Å²) in [6.45, 7) is 2.08. The highest BCUT2D eigenvalue weighted by molar-refractivity contribution is 5.78. The smallest absolute Gasteiger partial charge is 0.227 e. The molecule has 0 radical (unpaired) electrons. The lowest BCUT2D eigenvalue weighted by molar-refractivity contribution is -0.134. The first-order chi connectivity index (χ1) is 8.16. The zero-order valence-corrected chi connectivity index (χ0v) is 9.29. The Hall–Kier alpha value is -1.49. The molecule has 1 aliphatic rings. The van der Waals surface area contributed by atoms with Crippen molar-refractivity contribution in [3.05, 3.63) is 35.4 Å². The lowest BCUT2D eigenvalue weighted by Gasteiger charge is -2.26. The van der Waals surface area contributed by atoms with Crippen molar-refractivity contribution < 1.29 is 18.3 Å². The second-order valence-corrected chi connectivity index (χ2v) is 3.91. The second kappa shape index (κ2) is 5.23. The number of morpholine rings is 1. The molecule has 1 saturated heterocycles. The van der Waals surface area contributed by atoms with Crippen molar-refractivity contribution in [3.8, 4) is 0 Å². The summed E-state index contributed by atoms with van der Waals surface area (Å²) in [4.78, 5) is 13.4. The van der Waals surface area contributed by atoms with E-state index in [-0.39, 0.29) is 17.9 Å². The topological polar surface area (TPSA) is 29.5 Å². The van der Waals surface area contributed by atoms with Gasteiger partial charge in [0, 0.05) is 19.2 Å². The summed E-state index contributed by atoms with van der Waals surface area (Å²) < 4.78 is 31.2. The fourth-order valence-corrected chi connectivity index (χ4v) is 1.75. The van der Waals surface area contributed by atoms with Crippen LogP contribution in [0.25, 0.3) is 0 Å². The van der Waals surface area contributed by atoms with Crippen LogP contribution in [-0.4, -0.2) is 37.1 Å². The average Bonchev–Trinajstić information content (AvgIpc) is 2.34. The van der Waals surface area contributed by atoms with E-state index in [1.807, 2.05) is 0 Å². The summed E-state index contributed by atoms with van der Waals surface area (Å²) in [5.74, 6) is -1.46. The molecule has 1 aliphatic heterocycles. The van der Waals surface area contributed by atoms with Crippen LogP contribution in [0.5, 0.6) is 0 Å². The van der Waals surface area contributed by atoms with Crippen LogP contribution in [0.3, 0.4) is 0 Å². The Kier molecular flexibility index (Phi) is 3.68. The van der Waals surface area contributed by atoms with Crippen molar-refractivity contribution in [2.24, 2.45) is 0 Å². The lowest BCUT2D eigenvalue weighted by atomic mass is 10.1. The van der Waals surface area contributed by atoms with E-state index in [2.05, 4.69) is 0 Å². The fourth-order valence-electron chi connectivity index (χ4n) is 1.75. The van der Waals surface area contributed by atoms with Gasteiger partial charge in [-0.1, -0.05) is 6.07 Å². The molecule has 0 saturated carbocycles. The van der Waals surface area contributed by atoms with E-state index in [9.17, 15) is 13.6 Å². The van der Waals surface area contributed by atoms with E-state index in [1.165, 1.54) is 6.07 Å². The number of carbonyl (C=O) groups is 1. The highest BCUT2D eigenvalue weighted by Crippen LogP contribution is 2.12. The Morgan fingerprint density at radius 2 is 2.00 bits per heavy atom. The molecule has 0 aromatic heterocycles. The average molecular weight is 241 g/mol. The lowest BCUT2D eigenvalue weighted by Crippen LogP contribution is -2.41. The van der Waals surface area contributed by atoms with Gasteiger partial charge in [0.1, 0.15) is 11.6 Å². The standard InChI is InChI=1S/C12H13F2NO2/c13-10-2-1-9(11(14)8-10)7-12(16)15-3-5-17-6-4-15/h1-2,8H,3-7H2. The highest BCUT2D eigenvalue weighted by Gasteiger charge is 2.18. The summed E-state index contributed by atoms with van der Waals surface area (Å²) in [7, 11) is 0. The number of amides is 1. The van der Waals surface area contributed by atoms with Crippen molar-refractivity contribution in [2.75, 3.05) is 26.3 Å². The van der Waals surface area contributed by atoms with Crippen LogP contribution in [0.1, 0.15) is 5.56 Å². The molecule has 1 aromatic rings. The predicted octanol–water partition coefficient (Wildman–Crippen LogP) is 1.37. The Labute approximate surface area is 98.0 Å². The molecule has 1 aromatic carbocycles. The van der Waals surface area contributed by atoms with E-state index in [0.717, 1.165) is 12.1 Å². The maximum absolute atomic E-state index is 13.3. The molecule has 3 nitrogen and oxygen atoms in total. The summed E-state index contributed by atoms with van der Waals surface area (Å²) in [6.07, 6.45) is -0.0356. The summed E-state index contributed by atoms with van der Waals surface area (Å²) in [5, 5.41) is 0. The normalized spacial score (nSPS) is 16.0. The largest absolute Gasteiger partial charge is 0.378 e. The van der Waals surface area contributed by atoms with Crippen LogP contribution in [0.15, 0.2) is 18.2 Å². The van der Waals surface area contributed by atoms with Crippen molar-refractivity contribution in [1.82, 2.24) is 4.90 Å². The van der Waals surface area contributed by atoms with Crippen molar-refractivity contribution >= 4 is 5.91 Å². The molecule has 0 N–H and O–H groups in total. The fraction of sp³-hybridized carbons (Fsp3) is 0.417. The van der Waals surface area contributed by atoms with Crippen molar-refractivity contribution in [1.29, 1.82) is 0 Å². The molecule has 0 unspecified atom stereocenters. The molecule has 0 bridgehead atoms. The number of nitrogens with zero attached hydrogens (tertiary/aromatic N) is 1. The minimum Gasteiger partial charge on any atom is -0.378 e. The minimum absolute atomic E-state index is 0.0356. The molecule has 0 atom stereocenters. The monoisotopic (exact) mass is 241 g/mol. The number of hydrogen-bond acceptors (Lipinski definition) is 2. The van der Waals surface area contributed by atoms with Gasteiger partial charge in [0.2, 0.25) is 5.91 Å². The van der Waals surface area contributed by atoms with E-state index in [4.69, 9.17) is 4.74 Å². The number of halogens is 2. The summed E-state index contributed by atoms with van der Waals surface area (Å²) >= 11 is 0. The van der Waals surface area contributed by atoms with Crippen LogP contribution in [0.2, 0.25) is 0 Å². The first-order valence-corrected chi connectivity index (χ1v) is 5.46. The Balaban J connectivity index is 2.02. The zero-order chi connectivity index (χ0) is 12.3. The quantitative estimate of drug-likeness (QED) is 0.782. The van der Waals surface area contributed by atoms with Crippen molar-refractivity contribution in [3.63, 3.8) is 0 Å². The molecule has 0 aliphatic carbocycles. The van der Waals surface area contributed by atoms with Gasteiger partial charge in [-0.2, -0.15) is 0 Å². The predicted molar refractivity (Wildman–Crippen MR) is 57.5 cm³/mol. The van der Waals surface area contributed by atoms with Crippen LogP contribution in [0.4, 0.5) is 8.78 Å². The third-order valence-electron chi connectivity index (χ3n) is 2.72. The molecule has 2 rings (SSSR count). The molecule has 1 amide bonds. The van der Waals surface area contributed by atoms with Gasteiger partial charge >= 0.3 is 0 Å². The number of ether oxygens (including phenoxy) is 1. The van der Waals surface area contributed by atoms with Crippen LogP contribution in [-0.2, 0) is 16.0 Å². The minimum atomic E-state index is -0.674. The van der Waals surface area contributed by atoms with E-state index < -0.39 is 11.6 Å². The van der Waals surface area contributed by atoms with Gasteiger partial charge in [-0.15, -0.1) is 0 Å². The number of hydrogen-bond donors (Lipinski definition) is 0. The molecular weight excluding hydrogens is 228 g/mol.